The van der Waals surface area contributed by atoms with Crippen LogP contribution in [0.15, 0.2) is 35.5 Å². The molecule has 0 aliphatic carbocycles. The smallest absolute Gasteiger partial charge is 0.301 e. The number of hydrogen-bond acceptors (Lipinski definition) is 5. The second-order valence-electron chi connectivity index (χ2n) is 2.38. The Bertz CT molecular complexity index is 412. The molecule has 0 saturated carbocycles. The van der Waals surface area contributed by atoms with E-state index in [1.165, 1.54) is 31.1 Å². The molecule has 14 heavy (non-hydrogen) atoms. The number of nitrogens with one attached hydrogen (secondary N) is 1. The highest BCUT2D eigenvalue weighted by Gasteiger charge is 2.08. The number of rotatable bonds is 2. The lowest BCUT2D eigenvalue weighted by atomic mass is 10.4. The minimum atomic E-state index is -0.402. The van der Waals surface area contributed by atoms with Crippen LogP contribution in [0, 0.1) is 0 Å². The van der Waals surface area contributed by atoms with E-state index in [4.69, 9.17) is 4.42 Å². The number of nitrogens with zero attached hydrogens (tertiary/aromatic N) is 3. The Hall–Kier alpha value is -2.24. The SMILES string of the molecule is O=C(Nc1ncco1)c1cnccn1. The van der Waals surface area contributed by atoms with Crippen LogP contribution in [0.1, 0.15) is 10.5 Å². The van der Waals surface area contributed by atoms with E-state index in [-0.39, 0.29) is 11.7 Å². The van der Waals surface area contributed by atoms with Crippen molar-refractivity contribution >= 4 is 11.9 Å². The number of amides is 1. The van der Waals surface area contributed by atoms with Crippen molar-refractivity contribution in [2.24, 2.45) is 0 Å². The van der Waals surface area contributed by atoms with E-state index < -0.39 is 5.91 Å². The zero-order chi connectivity index (χ0) is 9.80. The van der Waals surface area contributed by atoms with E-state index in [1.807, 2.05) is 0 Å². The van der Waals surface area contributed by atoms with Crippen molar-refractivity contribution in [3.8, 4) is 0 Å². The molecule has 2 aromatic heterocycles. The first kappa shape index (κ1) is 8.36. The number of hydrogen-bond donors (Lipinski definition) is 1. The van der Waals surface area contributed by atoms with Gasteiger partial charge in [-0.3, -0.25) is 15.1 Å². The molecule has 0 aliphatic heterocycles. The molecular formula is C8H6N4O2. The lowest BCUT2D eigenvalue weighted by molar-refractivity contribution is 0.101. The normalized spacial score (nSPS) is 9.71. The summed E-state index contributed by atoms with van der Waals surface area (Å²) in [6.45, 7) is 0. The molecule has 1 amide bonds. The molecule has 0 bridgehead atoms. The van der Waals surface area contributed by atoms with E-state index in [9.17, 15) is 4.79 Å². The highest BCUT2D eigenvalue weighted by atomic mass is 16.4. The van der Waals surface area contributed by atoms with Gasteiger partial charge in [0.2, 0.25) is 0 Å². The minimum Gasteiger partial charge on any atom is -0.432 e. The van der Waals surface area contributed by atoms with Crippen LogP contribution in [0.5, 0.6) is 0 Å². The Morgan fingerprint density at radius 3 is 2.86 bits per heavy atom. The van der Waals surface area contributed by atoms with Gasteiger partial charge in [-0.15, -0.1) is 0 Å². The van der Waals surface area contributed by atoms with Crippen LogP contribution in [-0.2, 0) is 0 Å². The Balaban J connectivity index is 2.11. The summed E-state index contributed by atoms with van der Waals surface area (Å²) in [5.74, 6) is -0.402. The number of aromatic nitrogens is 3. The largest absolute Gasteiger partial charge is 0.432 e. The van der Waals surface area contributed by atoms with Crippen LogP contribution in [0.4, 0.5) is 6.01 Å². The lowest BCUT2D eigenvalue weighted by Gasteiger charge is -1.97. The first-order valence-electron chi connectivity index (χ1n) is 3.83. The fourth-order valence-corrected chi connectivity index (χ4v) is 0.863. The zero-order valence-corrected chi connectivity index (χ0v) is 7.04. The standard InChI is InChI=1S/C8H6N4O2/c13-7(6-5-9-1-2-10-6)12-8-11-3-4-14-8/h1-5H,(H,11,12,13). The Morgan fingerprint density at radius 2 is 2.21 bits per heavy atom. The quantitative estimate of drug-likeness (QED) is 0.754. The van der Waals surface area contributed by atoms with Gasteiger partial charge in [0.1, 0.15) is 12.0 Å². The van der Waals surface area contributed by atoms with E-state index in [1.54, 1.807) is 0 Å². The van der Waals surface area contributed by atoms with Gasteiger partial charge in [-0.25, -0.2) is 9.97 Å². The number of oxazole rings is 1. The van der Waals surface area contributed by atoms with Crippen LogP contribution >= 0.6 is 0 Å². The molecular weight excluding hydrogens is 184 g/mol. The molecule has 0 saturated heterocycles. The molecule has 6 nitrogen and oxygen atoms in total. The van der Waals surface area contributed by atoms with E-state index in [0.717, 1.165) is 0 Å². The highest BCUT2D eigenvalue weighted by molar-refractivity contribution is 6.01. The predicted octanol–water partition coefficient (Wildman–Crippen LogP) is 0.717. The molecule has 70 valence electrons. The fourth-order valence-electron chi connectivity index (χ4n) is 0.863. The van der Waals surface area contributed by atoms with Crippen LogP contribution < -0.4 is 5.32 Å². The van der Waals surface area contributed by atoms with E-state index in [0.29, 0.717) is 0 Å². The van der Waals surface area contributed by atoms with Crippen molar-refractivity contribution in [1.82, 2.24) is 15.0 Å². The summed E-state index contributed by atoms with van der Waals surface area (Å²) in [6, 6.07) is 0.139. The third-order valence-electron chi connectivity index (χ3n) is 1.45. The summed E-state index contributed by atoms with van der Waals surface area (Å²) < 4.78 is 4.83. The first-order valence-corrected chi connectivity index (χ1v) is 3.83. The summed E-state index contributed by atoms with van der Waals surface area (Å²) in [4.78, 5) is 22.7. The second-order valence-corrected chi connectivity index (χ2v) is 2.38. The third kappa shape index (κ3) is 1.74. The summed E-state index contributed by atoms with van der Waals surface area (Å²) in [6.07, 6.45) is 7.09. The Morgan fingerprint density at radius 1 is 1.29 bits per heavy atom. The molecule has 0 fully saturated rings. The van der Waals surface area contributed by atoms with Crippen LogP contribution in [-0.4, -0.2) is 20.9 Å². The maximum Gasteiger partial charge on any atom is 0.301 e. The van der Waals surface area contributed by atoms with Crippen LogP contribution in [0.3, 0.4) is 0 Å². The molecule has 0 radical (unpaired) electrons. The maximum absolute atomic E-state index is 11.4. The van der Waals surface area contributed by atoms with Gasteiger partial charge in [-0.05, 0) is 0 Å². The zero-order valence-electron chi connectivity index (χ0n) is 7.04. The molecule has 2 heterocycles. The van der Waals surface area contributed by atoms with Gasteiger partial charge in [0, 0.05) is 12.4 Å². The minimum absolute atomic E-state index is 0.139. The van der Waals surface area contributed by atoms with Crippen LogP contribution in [0.25, 0.3) is 0 Å². The molecule has 0 aliphatic rings. The van der Waals surface area contributed by atoms with E-state index in [2.05, 4.69) is 20.3 Å². The summed E-state index contributed by atoms with van der Waals surface area (Å²) in [7, 11) is 0. The average Bonchev–Trinajstić information content (AvgIpc) is 2.72. The monoisotopic (exact) mass is 190 g/mol. The van der Waals surface area contributed by atoms with Crippen molar-refractivity contribution in [2.45, 2.75) is 0 Å². The average molecular weight is 190 g/mol. The summed E-state index contributed by atoms with van der Waals surface area (Å²) in [5.41, 5.74) is 0.214. The number of carbonyl (C=O) groups is 1. The van der Waals surface area contributed by atoms with Crippen LogP contribution in [0.2, 0.25) is 0 Å². The van der Waals surface area contributed by atoms with Gasteiger partial charge in [-0.1, -0.05) is 0 Å². The molecule has 0 unspecified atom stereocenters. The van der Waals surface area contributed by atoms with Crippen molar-refractivity contribution in [3.05, 3.63) is 36.7 Å². The lowest BCUT2D eigenvalue weighted by Crippen LogP contribution is -2.13. The highest BCUT2D eigenvalue weighted by Crippen LogP contribution is 2.02. The van der Waals surface area contributed by atoms with Crippen molar-refractivity contribution < 1.29 is 9.21 Å². The molecule has 2 rings (SSSR count). The topological polar surface area (TPSA) is 80.9 Å². The third-order valence-corrected chi connectivity index (χ3v) is 1.45. The van der Waals surface area contributed by atoms with Crippen molar-refractivity contribution in [1.29, 1.82) is 0 Å². The summed E-state index contributed by atoms with van der Waals surface area (Å²) >= 11 is 0. The number of anilines is 1. The molecule has 1 N–H and O–H groups in total. The predicted molar refractivity (Wildman–Crippen MR) is 46.5 cm³/mol. The molecule has 2 aromatic rings. The molecule has 0 spiro atoms. The molecule has 0 atom stereocenters. The molecule has 0 aromatic carbocycles. The molecule has 6 heteroatoms. The Labute approximate surface area is 79.0 Å². The van der Waals surface area contributed by atoms with Crippen molar-refractivity contribution in [2.75, 3.05) is 5.32 Å². The van der Waals surface area contributed by atoms with Gasteiger partial charge < -0.3 is 4.42 Å². The van der Waals surface area contributed by atoms with E-state index >= 15 is 0 Å². The van der Waals surface area contributed by atoms with Crippen molar-refractivity contribution in [3.63, 3.8) is 0 Å². The van der Waals surface area contributed by atoms with Gasteiger partial charge in [0.25, 0.3) is 5.91 Å². The maximum atomic E-state index is 11.4. The van der Waals surface area contributed by atoms with Gasteiger partial charge in [0.05, 0.1) is 12.4 Å². The van der Waals surface area contributed by atoms with Gasteiger partial charge >= 0.3 is 6.01 Å². The van der Waals surface area contributed by atoms with Gasteiger partial charge in [-0.2, -0.15) is 0 Å². The first-order chi connectivity index (χ1) is 6.86. The summed E-state index contributed by atoms with van der Waals surface area (Å²) in [5, 5.41) is 2.42. The van der Waals surface area contributed by atoms with Gasteiger partial charge in [0.15, 0.2) is 0 Å². The fraction of sp³-hybridized carbons (Fsp3) is 0. The second kappa shape index (κ2) is 3.65. The number of carbonyl (C=O) groups excluding carboxylic acids is 1. The Kier molecular flexibility index (Phi) is 2.18.